The van der Waals surface area contributed by atoms with Gasteiger partial charge in [0.2, 0.25) is 0 Å². The quantitative estimate of drug-likeness (QED) is 0.0595. The second-order valence-corrected chi connectivity index (χ2v) is 26.9. The minimum atomic E-state index is -2.30. The van der Waals surface area contributed by atoms with Crippen LogP contribution in [0.25, 0.3) is 0 Å². The summed E-state index contributed by atoms with van der Waals surface area (Å²) in [6.45, 7) is 33.8. The van der Waals surface area contributed by atoms with Crippen molar-refractivity contribution >= 4 is 28.6 Å². The summed E-state index contributed by atoms with van der Waals surface area (Å²) in [6, 6.07) is 0. The summed E-state index contributed by atoms with van der Waals surface area (Å²) in [5.74, 6) is -0.748. The van der Waals surface area contributed by atoms with Gasteiger partial charge in [0.05, 0.1) is 12.7 Å². The maximum atomic E-state index is 12.9. The van der Waals surface area contributed by atoms with Crippen molar-refractivity contribution < 1.29 is 32.7 Å². The molecular formula is C37H66O7Si2. The highest BCUT2D eigenvalue weighted by molar-refractivity contribution is 6.74. The number of hydrogen-bond acceptors (Lipinski definition) is 7. The fraction of sp³-hybridized carbons (Fsp3) is 0.784. The Balaban J connectivity index is 2.77. The zero-order chi connectivity index (χ0) is 35.5. The first-order valence-electron chi connectivity index (χ1n) is 17.3. The van der Waals surface area contributed by atoms with Crippen LogP contribution in [0.15, 0.2) is 34.9 Å². The number of ether oxygens (including phenoxy) is 3. The molecule has 0 amide bonds. The van der Waals surface area contributed by atoms with Crippen LogP contribution in [-0.4, -0.2) is 64.7 Å². The van der Waals surface area contributed by atoms with Gasteiger partial charge in [0.15, 0.2) is 22.7 Å². The van der Waals surface area contributed by atoms with Gasteiger partial charge in [0.1, 0.15) is 17.3 Å². The summed E-state index contributed by atoms with van der Waals surface area (Å²) in [5.41, 5.74) is 0.916. The molecule has 0 unspecified atom stereocenters. The Kier molecular flexibility index (Phi) is 13.2. The van der Waals surface area contributed by atoms with Gasteiger partial charge in [-0.15, -0.1) is 0 Å². The Hall–Kier alpha value is -1.53. The number of carbonyl (C=O) groups excluding carboxylic acids is 2. The highest BCUT2D eigenvalue weighted by Crippen LogP contribution is 2.56. The van der Waals surface area contributed by atoms with Crippen molar-refractivity contribution in [3.63, 3.8) is 0 Å². The number of allylic oxidation sites excluding steroid dienone is 1. The third kappa shape index (κ3) is 10.2. The van der Waals surface area contributed by atoms with Crippen molar-refractivity contribution in [3.05, 3.63) is 34.9 Å². The van der Waals surface area contributed by atoms with E-state index in [9.17, 15) is 9.59 Å². The van der Waals surface area contributed by atoms with E-state index in [4.69, 9.17) is 23.1 Å². The second kappa shape index (κ2) is 14.9. The van der Waals surface area contributed by atoms with E-state index in [0.717, 1.165) is 36.8 Å². The monoisotopic (exact) mass is 678 g/mol. The Morgan fingerprint density at radius 2 is 1.50 bits per heavy atom. The molecule has 1 saturated heterocycles. The summed E-state index contributed by atoms with van der Waals surface area (Å²) in [4.78, 5) is 25.6. The van der Waals surface area contributed by atoms with Crippen LogP contribution in [0.3, 0.4) is 0 Å². The number of esters is 2. The Labute approximate surface area is 283 Å². The van der Waals surface area contributed by atoms with Crippen LogP contribution in [0.2, 0.25) is 36.3 Å². The topological polar surface area (TPSA) is 83.6 Å². The molecule has 2 rings (SSSR count). The largest absolute Gasteiger partial charge is 0.457 e. The summed E-state index contributed by atoms with van der Waals surface area (Å²) >= 11 is 0. The van der Waals surface area contributed by atoms with Crippen molar-refractivity contribution in [1.29, 1.82) is 0 Å². The molecule has 0 aromatic rings. The molecule has 0 radical (unpaired) electrons. The molecule has 0 aromatic heterocycles. The predicted molar refractivity (Wildman–Crippen MR) is 193 cm³/mol. The van der Waals surface area contributed by atoms with Gasteiger partial charge in [0.25, 0.3) is 0 Å². The first-order chi connectivity index (χ1) is 20.8. The highest BCUT2D eigenvalue weighted by Gasteiger charge is 2.70. The zero-order valence-corrected chi connectivity index (χ0v) is 34.1. The minimum absolute atomic E-state index is 0.0211. The van der Waals surface area contributed by atoms with Gasteiger partial charge in [-0.2, -0.15) is 0 Å². The number of unbranched alkanes of at least 4 members (excludes halogenated alkanes) is 3. The molecule has 46 heavy (non-hydrogen) atoms. The summed E-state index contributed by atoms with van der Waals surface area (Å²) < 4.78 is 32.6. The van der Waals surface area contributed by atoms with Gasteiger partial charge in [-0.3, -0.25) is 4.79 Å². The van der Waals surface area contributed by atoms with E-state index >= 15 is 0 Å². The molecule has 0 aromatic carbocycles. The molecule has 1 aliphatic heterocycles. The zero-order valence-electron chi connectivity index (χ0n) is 32.1. The van der Waals surface area contributed by atoms with Crippen molar-refractivity contribution in [2.75, 3.05) is 6.61 Å². The Morgan fingerprint density at radius 3 is 2.00 bits per heavy atom. The molecule has 1 aliphatic carbocycles. The third-order valence-corrected chi connectivity index (χ3v) is 19.0. The van der Waals surface area contributed by atoms with Crippen molar-refractivity contribution in [1.82, 2.24) is 0 Å². The third-order valence-electron chi connectivity index (χ3n) is 10.1. The van der Waals surface area contributed by atoms with E-state index in [-0.39, 0.29) is 34.2 Å². The molecule has 0 bridgehead atoms. The van der Waals surface area contributed by atoms with Gasteiger partial charge < -0.3 is 23.1 Å². The van der Waals surface area contributed by atoms with Crippen LogP contribution in [0, 0.1) is 0 Å². The first-order valence-corrected chi connectivity index (χ1v) is 23.1. The maximum Gasteiger partial charge on any atom is 0.333 e. The van der Waals surface area contributed by atoms with Crippen LogP contribution >= 0.6 is 0 Å². The second-order valence-electron chi connectivity index (χ2n) is 17.3. The smallest absolute Gasteiger partial charge is 0.333 e. The Bertz CT molecular complexity index is 1180. The highest BCUT2D eigenvalue weighted by atomic mass is 28.4. The molecule has 0 saturated carbocycles. The van der Waals surface area contributed by atoms with Gasteiger partial charge in [-0.05, 0) is 87.9 Å². The van der Waals surface area contributed by atoms with E-state index in [1.807, 2.05) is 26.8 Å². The van der Waals surface area contributed by atoms with Crippen molar-refractivity contribution in [3.8, 4) is 0 Å². The molecule has 0 spiro atoms. The van der Waals surface area contributed by atoms with Gasteiger partial charge in [-0.25, -0.2) is 4.79 Å². The average molecular weight is 679 g/mol. The van der Waals surface area contributed by atoms with Crippen LogP contribution < -0.4 is 0 Å². The lowest BCUT2D eigenvalue weighted by molar-refractivity contribution is -0.150. The number of fused-ring (bicyclic) bond motifs is 1. The molecule has 264 valence electrons. The minimum Gasteiger partial charge on any atom is -0.457 e. The molecule has 0 N–H and O–H groups in total. The normalized spacial score (nSPS) is 24.7. The molecular weight excluding hydrogens is 613 g/mol. The van der Waals surface area contributed by atoms with E-state index in [1.54, 1.807) is 6.92 Å². The lowest BCUT2D eigenvalue weighted by Gasteiger charge is -2.43. The van der Waals surface area contributed by atoms with Crippen molar-refractivity contribution in [2.24, 2.45) is 0 Å². The molecule has 9 heteroatoms. The molecule has 4 atom stereocenters. The van der Waals surface area contributed by atoms with Crippen LogP contribution in [0.1, 0.15) is 115 Å². The number of hydrogen-bond donors (Lipinski definition) is 0. The fourth-order valence-corrected chi connectivity index (χ4v) is 7.25. The van der Waals surface area contributed by atoms with E-state index in [0.29, 0.717) is 18.6 Å². The summed E-state index contributed by atoms with van der Waals surface area (Å²) in [5, 5.41) is -0.0146. The summed E-state index contributed by atoms with van der Waals surface area (Å²) in [7, 11) is -4.44. The first kappa shape index (κ1) is 40.6. The maximum absolute atomic E-state index is 12.9. The number of rotatable bonds is 14. The lowest BCUT2D eigenvalue weighted by atomic mass is 9.77. The molecule has 2 aliphatic rings. The van der Waals surface area contributed by atoms with Gasteiger partial charge in [-0.1, -0.05) is 79.5 Å². The van der Waals surface area contributed by atoms with Gasteiger partial charge in [0, 0.05) is 18.9 Å². The average Bonchev–Trinajstić information content (AvgIpc) is 3.61. The predicted octanol–water partition coefficient (Wildman–Crippen LogP) is 9.59. The molecule has 1 heterocycles. The molecule has 1 fully saturated rings. The standard InChI is InChI=1S/C37H66O7Si2/c1-17-18-19-20-21-22-28-29(25-40-45(13,14)35(7,8)9)30(44-46(15,16)36(10,11)12)32-37(42-32,31(28)41-27(3)38)24-23-26(2)33(39)43-34(4,5)6/h21-23,30-32H,17-20,24-25H2,1-16H3/b22-21-,26-23+/t30-,31-,32-,37+/m1/s1. The lowest BCUT2D eigenvalue weighted by Crippen LogP contribution is -2.52. The van der Waals surface area contributed by atoms with Crippen molar-refractivity contribution in [2.45, 2.75) is 181 Å². The SMILES string of the molecule is CCCCC/C=C\C1=C(CO[Si](C)(C)C(C)(C)C)[C@@H](O[Si](C)(C)C(C)(C)C)[C@H]2O[C@@]2(C/C=C(\C)C(=O)OC(C)(C)C)[C@@H]1OC(C)=O. The Morgan fingerprint density at radius 1 is 0.913 bits per heavy atom. The van der Waals surface area contributed by atoms with Crippen LogP contribution in [0.5, 0.6) is 0 Å². The summed E-state index contributed by atoms with van der Waals surface area (Å²) in [6.07, 6.45) is 9.46. The van der Waals surface area contributed by atoms with E-state index < -0.39 is 33.9 Å². The fourth-order valence-electron chi connectivity index (χ4n) is 5.05. The number of carbonyl (C=O) groups is 2. The molecule has 7 nitrogen and oxygen atoms in total. The van der Waals surface area contributed by atoms with E-state index in [1.165, 1.54) is 6.92 Å². The van der Waals surface area contributed by atoms with E-state index in [2.05, 4.69) is 86.8 Å². The van der Waals surface area contributed by atoms with Gasteiger partial charge >= 0.3 is 11.9 Å². The number of epoxide rings is 1. The van der Waals surface area contributed by atoms with Crippen LogP contribution in [-0.2, 0) is 32.7 Å². The van der Waals surface area contributed by atoms with Crippen LogP contribution in [0.4, 0.5) is 0 Å².